The van der Waals surface area contributed by atoms with Crippen molar-refractivity contribution in [1.82, 2.24) is 14.7 Å². The fourth-order valence-corrected chi connectivity index (χ4v) is 2.62. The van der Waals surface area contributed by atoms with Crippen molar-refractivity contribution in [3.8, 4) is 11.1 Å². The Morgan fingerprint density at radius 3 is 2.77 bits per heavy atom. The van der Waals surface area contributed by atoms with Crippen molar-refractivity contribution in [2.75, 3.05) is 0 Å². The highest BCUT2D eigenvalue weighted by molar-refractivity contribution is 6.30. The van der Waals surface area contributed by atoms with Crippen LogP contribution in [0.25, 0.3) is 16.8 Å². The molecule has 4 rings (SSSR count). The maximum absolute atomic E-state index is 12.3. The van der Waals surface area contributed by atoms with Crippen molar-refractivity contribution in [2.45, 2.75) is 18.9 Å². The third kappa shape index (κ3) is 2.46. The molecule has 0 radical (unpaired) electrons. The monoisotopic (exact) mass is 311 g/mol. The van der Waals surface area contributed by atoms with Gasteiger partial charge in [0.05, 0.1) is 5.56 Å². The summed E-state index contributed by atoms with van der Waals surface area (Å²) in [6.07, 6.45) is 7.55. The number of nitrogens with zero attached hydrogens (tertiary/aromatic N) is 2. The van der Waals surface area contributed by atoms with Gasteiger partial charge in [-0.2, -0.15) is 0 Å². The van der Waals surface area contributed by atoms with Gasteiger partial charge in [-0.05, 0) is 36.6 Å². The number of benzene rings is 1. The molecule has 1 aromatic carbocycles. The zero-order valence-corrected chi connectivity index (χ0v) is 12.5. The Morgan fingerprint density at radius 1 is 1.27 bits per heavy atom. The van der Waals surface area contributed by atoms with E-state index in [9.17, 15) is 4.79 Å². The lowest BCUT2D eigenvalue weighted by molar-refractivity contribution is 0.0950. The third-order valence-corrected chi connectivity index (χ3v) is 4.07. The molecule has 0 bridgehead atoms. The molecular weight excluding hydrogens is 298 g/mol. The van der Waals surface area contributed by atoms with Crippen LogP contribution in [0.5, 0.6) is 0 Å². The van der Waals surface area contributed by atoms with E-state index >= 15 is 0 Å². The molecule has 4 nitrogen and oxygen atoms in total. The van der Waals surface area contributed by atoms with Gasteiger partial charge < -0.3 is 9.72 Å². The summed E-state index contributed by atoms with van der Waals surface area (Å²) in [5.74, 6) is -0.0340. The van der Waals surface area contributed by atoms with Crippen LogP contribution in [0.2, 0.25) is 5.02 Å². The van der Waals surface area contributed by atoms with E-state index in [0.29, 0.717) is 16.6 Å². The van der Waals surface area contributed by atoms with E-state index in [0.717, 1.165) is 29.6 Å². The van der Waals surface area contributed by atoms with Crippen LogP contribution in [-0.2, 0) is 0 Å². The Bertz CT molecular complexity index is 850. The molecule has 2 heterocycles. The first-order valence-corrected chi connectivity index (χ1v) is 7.62. The second-order valence-corrected chi connectivity index (χ2v) is 5.99. The molecule has 1 N–H and O–H groups in total. The van der Waals surface area contributed by atoms with Gasteiger partial charge in [-0.15, -0.1) is 0 Å². The standard InChI is InChI=1S/C17H14ClN3O/c18-13-3-1-11(2-4-13)15-9-12(17(22)20-14-5-6-14)10-21-8-7-19-16(15)21/h1-4,7-10,14H,5-6H2,(H,20,22). The first kappa shape index (κ1) is 13.3. The normalized spacial score (nSPS) is 14.2. The molecule has 1 fully saturated rings. The Balaban J connectivity index is 1.82. The van der Waals surface area contributed by atoms with E-state index < -0.39 is 0 Å². The molecule has 2 aromatic heterocycles. The Hall–Kier alpha value is -2.33. The number of nitrogens with one attached hydrogen (secondary N) is 1. The fraction of sp³-hybridized carbons (Fsp3) is 0.176. The summed E-state index contributed by atoms with van der Waals surface area (Å²) in [6, 6.07) is 9.79. The average Bonchev–Trinajstić information content (AvgIpc) is 3.20. The predicted molar refractivity (Wildman–Crippen MR) is 86.1 cm³/mol. The number of halogens is 1. The topological polar surface area (TPSA) is 46.4 Å². The summed E-state index contributed by atoms with van der Waals surface area (Å²) >= 11 is 5.96. The lowest BCUT2D eigenvalue weighted by Gasteiger charge is -2.09. The van der Waals surface area contributed by atoms with Crippen molar-refractivity contribution < 1.29 is 4.79 Å². The summed E-state index contributed by atoms with van der Waals surface area (Å²) < 4.78 is 1.88. The highest BCUT2D eigenvalue weighted by Gasteiger charge is 2.24. The van der Waals surface area contributed by atoms with Crippen LogP contribution in [0, 0.1) is 0 Å². The van der Waals surface area contributed by atoms with Crippen LogP contribution >= 0.6 is 11.6 Å². The highest BCUT2D eigenvalue weighted by Crippen LogP contribution is 2.27. The van der Waals surface area contributed by atoms with Gasteiger partial charge in [0, 0.05) is 35.2 Å². The van der Waals surface area contributed by atoms with Crippen molar-refractivity contribution in [3.63, 3.8) is 0 Å². The van der Waals surface area contributed by atoms with E-state index in [1.807, 2.05) is 47.1 Å². The largest absolute Gasteiger partial charge is 0.349 e. The minimum atomic E-state index is -0.0340. The van der Waals surface area contributed by atoms with Crippen molar-refractivity contribution in [1.29, 1.82) is 0 Å². The molecule has 0 saturated heterocycles. The molecule has 5 heteroatoms. The van der Waals surface area contributed by atoms with Gasteiger partial charge in [-0.25, -0.2) is 4.98 Å². The number of hydrogen-bond acceptors (Lipinski definition) is 2. The van der Waals surface area contributed by atoms with Gasteiger partial charge in [0.25, 0.3) is 5.91 Å². The molecule has 110 valence electrons. The van der Waals surface area contributed by atoms with E-state index in [4.69, 9.17) is 11.6 Å². The van der Waals surface area contributed by atoms with Crippen LogP contribution in [0.15, 0.2) is 48.9 Å². The highest BCUT2D eigenvalue weighted by atomic mass is 35.5. The van der Waals surface area contributed by atoms with Crippen LogP contribution in [-0.4, -0.2) is 21.3 Å². The van der Waals surface area contributed by atoms with E-state index in [1.54, 1.807) is 6.20 Å². The Labute approximate surface area is 132 Å². The quantitative estimate of drug-likeness (QED) is 0.804. The molecule has 0 aliphatic heterocycles. The summed E-state index contributed by atoms with van der Waals surface area (Å²) in [5, 5.41) is 3.71. The van der Waals surface area contributed by atoms with Crippen LogP contribution in [0.1, 0.15) is 23.2 Å². The molecule has 0 atom stereocenters. The number of hydrogen-bond donors (Lipinski definition) is 1. The summed E-state index contributed by atoms with van der Waals surface area (Å²) in [7, 11) is 0. The number of fused-ring (bicyclic) bond motifs is 1. The number of pyridine rings is 1. The smallest absolute Gasteiger partial charge is 0.253 e. The Morgan fingerprint density at radius 2 is 2.05 bits per heavy atom. The van der Waals surface area contributed by atoms with E-state index in [-0.39, 0.29) is 5.91 Å². The predicted octanol–water partition coefficient (Wildman–Crippen LogP) is 3.55. The van der Waals surface area contributed by atoms with Crippen LogP contribution < -0.4 is 5.32 Å². The van der Waals surface area contributed by atoms with Crippen LogP contribution in [0.3, 0.4) is 0 Å². The number of carbonyl (C=O) groups is 1. The number of rotatable bonds is 3. The third-order valence-electron chi connectivity index (χ3n) is 3.82. The van der Waals surface area contributed by atoms with Crippen molar-refractivity contribution in [2.24, 2.45) is 0 Å². The van der Waals surface area contributed by atoms with E-state index in [2.05, 4.69) is 10.3 Å². The van der Waals surface area contributed by atoms with Gasteiger partial charge in [0.15, 0.2) is 0 Å². The zero-order valence-electron chi connectivity index (χ0n) is 11.8. The number of imidazole rings is 1. The molecule has 1 aliphatic carbocycles. The lowest BCUT2D eigenvalue weighted by atomic mass is 10.0. The molecule has 1 saturated carbocycles. The van der Waals surface area contributed by atoms with Gasteiger partial charge in [-0.3, -0.25) is 4.79 Å². The van der Waals surface area contributed by atoms with Crippen molar-refractivity contribution in [3.05, 3.63) is 59.5 Å². The van der Waals surface area contributed by atoms with Gasteiger partial charge in [-0.1, -0.05) is 23.7 Å². The molecule has 3 aromatic rings. The van der Waals surface area contributed by atoms with E-state index in [1.165, 1.54) is 0 Å². The average molecular weight is 312 g/mol. The lowest BCUT2D eigenvalue weighted by Crippen LogP contribution is -2.25. The van der Waals surface area contributed by atoms with Crippen molar-refractivity contribution >= 4 is 23.2 Å². The number of amides is 1. The zero-order chi connectivity index (χ0) is 15.1. The van der Waals surface area contributed by atoms with Gasteiger partial charge in [0.2, 0.25) is 0 Å². The SMILES string of the molecule is O=C(NC1CC1)c1cc(-c2ccc(Cl)cc2)c2nccn2c1. The molecule has 0 unspecified atom stereocenters. The first-order chi connectivity index (χ1) is 10.7. The molecule has 1 amide bonds. The number of aromatic nitrogens is 2. The minimum absolute atomic E-state index is 0.0340. The maximum atomic E-state index is 12.3. The molecule has 0 spiro atoms. The number of carbonyl (C=O) groups excluding carboxylic acids is 1. The first-order valence-electron chi connectivity index (χ1n) is 7.24. The Kier molecular flexibility index (Phi) is 3.12. The minimum Gasteiger partial charge on any atom is -0.349 e. The second-order valence-electron chi connectivity index (χ2n) is 5.56. The molecule has 22 heavy (non-hydrogen) atoms. The maximum Gasteiger partial charge on any atom is 0.253 e. The summed E-state index contributed by atoms with van der Waals surface area (Å²) in [6.45, 7) is 0. The molecular formula is C17H14ClN3O. The summed E-state index contributed by atoms with van der Waals surface area (Å²) in [5.41, 5.74) is 3.37. The second kappa shape index (κ2) is 5.14. The van der Waals surface area contributed by atoms with Gasteiger partial charge >= 0.3 is 0 Å². The molecule has 1 aliphatic rings. The van der Waals surface area contributed by atoms with Gasteiger partial charge in [0.1, 0.15) is 5.65 Å². The summed E-state index contributed by atoms with van der Waals surface area (Å²) in [4.78, 5) is 16.7. The fourth-order valence-electron chi connectivity index (χ4n) is 2.50. The van der Waals surface area contributed by atoms with Crippen LogP contribution in [0.4, 0.5) is 0 Å².